The molecule has 1 aromatic carbocycles. The smallest absolute Gasteiger partial charge is 0.224 e. The fourth-order valence-electron chi connectivity index (χ4n) is 4.73. The largest absolute Gasteiger partial charge is 0.359 e. The van der Waals surface area contributed by atoms with Gasteiger partial charge in [-0.1, -0.05) is 135 Å². The molecule has 0 unspecified atom stereocenters. The van der Waals surface area contributed by atoms with Gasteiger partial charge in [-0.25, -0.2) is 0 Å². The van der Waals surface area contributed by atoms with Crippen molar-refractivity contribution >= 4 is 17.5 Å². The molecule has 0 aromatic heterocycles. The van der Waals surface area contributed by atoms with Crippen molar-refractivity contribution in [2.24, 2.45) is 0 Å². The van der Waals surface area contributed by atoms with Gasteiger partial charge in [-0.3, -0.25) is 9.59 Å². The van der Waals surface area contributed by atoms with E-state index >= 15 is 0 Å². The number of unbranched alkanes of at least 4 members (excludes halogenated alkanes) is 18. The van der Waals surface area contributed by atoms with E-state index in [1.807, 2.05) is 24.3 Å². The SMILES string of the molecule is CCCCCCCCCCCCCCCCCCCCCC(=O)Nc1ccc(CCC(=O)NC)cc1. The first-order chi connectivity index (χ1) is 17.7. The predicted molar refractivity (Wildman–Crippen MR) is 155 cm³/mol. The van der Waals surface area contributed by atoms with Crippen molar-refractivity contribution in [1.82, 2.24) is 5.32 Å². The third-order valence-electron chi connectivity index (χ3n) is 7.16. The normalized spacial score (nSPS) is 10.9. The lowest BCUT2D eigenvalue weighted by Crippen LogP contribution is -2.17. The van der Waals surface area contributed by atoms with Gasteiger partial charge in [-0.15, -0.1) is 0 Å². The van der Waals surface area contributed by atoms with E-state index in [0.717, 1.165) is 24.1 Å². The number of nitrogens with one attached hydrogen (secondary N) is 2. The lowest BCUT2D eigenvalue weighted by molar-refractivity contribution is -0.120. The van der Waals surface area contributed by atoms with Gasteiger partial charge in [0.2, 0.25) is 11.8 Å². The standard InChI is InChI=1S/C32H56N2O2/c1-3-4-5-6-7-8-9-10-11-12-13-14-15-16-17-18-19-20-21-22-32(36)34-30-26-23-29(24-27-30)25-28-31(35)33-2/h23-24,26-27H,3-22,25,28H2,1-2H3,(H,33,35)(H,34,36). The zero-order valence-electron chi connectivity index (χ0n) is 23.7. The van der Waals surface area contributed by atoms with Crippen LogP contribution in [0.15, 0.2) is 24.3 Å². The molecule has 0 bridgehead atoms. The molecular weight excluding hydrogens is 444 g/mol. The minimum Gasteiger partial charge on any atom is -0.359 e. The molecule has 206 valence electrons. The summed E-state index contributed by atoms with van der Waals surface area (Å²) in [5, 5.41) is 5.62. The Morgan fingerprint density at radius 2 is 0.972 bits per heavy atom. The monoisotopic (exact) mass is 500 g/mol. The zero-order chi connectivity index (χ0) is 26.1. The van der Waals surface area contributed by atoms with E-state index in [9.17, 15) is 9.59 Å². The van der Waals surface area contributed by atoms with Gasteiger partial charge in [0.1, 0.15) is 0 Å². The van der Waals surface area contributed by atoms with Crippen molar-refractivity contribution in [3.05, 3.63) is 29.8 Å². The first-order valence-electron chi connectivity index (χ1n) is 15.2. The van der Waals surface area contributed by atoms with E-state index in [1.165, 1.54) is 109 Å². The maximum Gasteiger partial charge on any atom is 0.224 e. The topological polar surface area (TPSA) is 58.2 Å². The average Bonchev–Trinajstić information content (AvgIpc) is 2.89. The van der Waals surface area contributed by atoms with Crippen molar-refractivity contribution in [2.45, 2.75) is 148 Å². The second-order valence-corrected chi connectivity index (χ2v) is 10.5. The summed E-state index contributed by atoms with van der Waals surface area (Å²) >= 11 is 0. The highest BCUT2D eigenvalue weighted by Crippen LogP contribution is 2.16. The third-order valence-corrected chi connectivity index (χ3v) is 7.16. The van der Waals surface area contributed by atoms with Gasteiger partial charge in [-0.05, 0) is 30.5 Å². The molecule has 0 spiro atoms. The highest BCUT2D eigenvalue weighted by molar-refractivity contribution is 5.90. The lowest BCUT2D eigenvalue weighted by atomic mass is 10.0. The van der Waals surface area contributed by atoms with Crippen LogP contribution >= 0.6 is 0 Å². The first-order valence-corrected chi connectivity index (χ1v) is 15.2. The maximum absolute atomic E-state index is 12.2. The molecule has 0 aliphatic heterocycles. The van der Waals surface area contributed by atoms with E-state index in [-0.39, 0.29) is 11.8 Å². The summed E-state index contributed by atoms with van der Waals surface area (Å²) in [4.78, 5) is 23.5. The number of benzene rings is 1. The van der Waals surface area contributed by atoms with Crippen LogP contribution in [0.3, 0.4) is 0 Å². The van der Waals surface area contributed by atoms with Gasteiger partial charge in [0.15, 0.2) is 0 Å². The third kappa shape index (κ3) is 19.4. The summed E-state index contributed by atoms with van der Waals surface area (Å²) in [6, 6.07) is 7.81. The van der Waals surface area contributed by atoms with E-state index < -0.39 is 0 Å². The van der Waals surface area contributed by atoms with Gasteiger partial charge < -0.3 is 10.6 Å². The number of amides is 2. The fraction of sp³-hybridized carbons (Fsp3) is 0.750. The molecule has 36 heavy (non-hydrogen) atoms. The van der Waals surface area contributed by atoms with Crippen LogP contribution in [0.2, 0.25) is 0 Å². The Morgan fingerprint density at radius 1 is 0.556 bits per heavy atom. The van der Waals surface area contributed by atoms with Crippen LogP contribution in [0, 0.1) is 0 Å². The van der Waals surface area contributed by atoms with Crippen molar-refractivity contribution in [2.75, 3.05) is 12.4 Å². The molecule has 0 radical (unpaired) electrons. The van der Waals surface area contributed by atoms with Crippen LogP contribution in [0.5, 0.6) is 0 Å². The van der Waals surface area contributed by atoms with Gasteiger partial charge in [0.05, 0.1) is 0 Å². The van der Waals surface area contributed by atoms with Crippen LogP contribution in [0.1, 0.15) is 147 Å². The zero-order valence-corrected chi connectivity index (χ0v) is 23.7. The summed E-state index contributed by atoms with van der Waals surface area (Å²) in [5.74, 6) is 0.145. The van der Waals surface area contributed by atoms with Crippen LogP contribution in [-0.4, -0.2) is 18.9 Å². The van der Waals surface area contributed by atoms with Crippen molar-refractivity contribution in [1.29, 1.82) is 0 Å². The average molecular weight is 501 g/mol. The summed E-state index contributed by atoms with van der Waals surface area (Å²) in [6.45, 7) is 2.29. The molecule has 0 saturated heterocycles. The number of carbonyl (C=O) groups excluding carboxylic acids is 2. The minimum atomic E-state index is 0.0481. The van der Waals surface area contributed by atoms with Crippen LogP contribution in [-0.2, 0) is 16.0 Å². The Balaban J connectivity index is 1.85. The number of rotatable bonds is 24. The molecule has 4 heteroatoms. The number of hydrogen-bond donors (Lipinski definition) is 2. The van der Waals surface area contributed by atoms with Crippen LogP contribution < -0.4 is 10.6 Å². The summed E-state index contributed by atoms with van der Waals surface area (Å²) in [7, 11) is 1.65. The molecule has 0 saturated carbocycles. The maximum atomic E-state index is 12.2. The summed E-state index contributed by atoms with van der Waals surface area (Å²) in [6.07, 6.45) is 27.7. The highest BCUT2D eigenvalue weighted by atomic mass is 16.2. The molecule has 0 fully saturated rings. The number of hydrogen-bond acceptors (Lipinski definition) is 2. The molecule has 1 rings (SSSR count). The Hall–Kier alpha value is -1.84. The number of carbonyl (C=O) groups is 2. The molecule has 2 N–H and O–H groups in total. The Kier molecular flexibility index (Phi) is 21.1. The summed E-state index contributed by atoms with van der Waals surface area (Å²) < 4.78 is 0. The van der Waals surface area contributed by atoms with Gasteiger partial charge in [-0.2, -0.15) is 0 Å². The number of aryl methyl sites for hydroxylation is 1. The predicted octanol–water partition coefficient (Wildman–Crippen LogP) is 9.13. The molecule has 1 aromatic rings. The fourth-order valence-corrected chi connectivity index (χ4v) is 4.73. The summed E-state index contributed by atoms with van der Waals surface area (Å²) in [5.41, 5.74) is 1.94. The van der Waals surface area contributed by atoms with Crippen LogP contribution in [0.25, 0.3) is 0 Å². The molecular formula is C32H56N2O2. The molecule has 0 atom stereocenters. The minimum absolute atomic E-state index is 0.0481. The van der Waals surface area contributed by atoms with Gasteiger partial charge in [0, 0.05) is 25.6 Å². The van der Waals surface area contributed by atoms with Gasteiger partial charge >= 0.3 is 0 Å². The molecule has 0 aliphatic carbocycles. The van der Waals surface area contributed by atoms with E-state index in [1.54, 1.807) is 7.05 Å². The number of anilines is 1. The van der Waals surface area contributed by atoms with Crippen LogP contribution in [0.4, 0.5) is 5.69 Å². The van der Waals surface area contributed by atoms with Crippen molar-refractivity contribution < 1.29 is 9.59 Å². The van der Waals surface area contributed by atoms with Crippen molar-refractivity contribution in [3.63, 3.8) is 0 Å². The van der Waals surface area contributed by atoms with Crippen molar-refractivity contribution in [3.8, 4) is 0 Å². The van der Waals surface area contributed by atoms with E-state index in [0.29, 0.717) is 19.3 Å². The highest BCUT2D eigenvalue weighted by Gasteiger charge is 2.04. The second kappa shape index (κ2) is 23.6. The first kappa shape index (κ1) is 32.2. The quantitative estimate of drug-likeness (QED) is 0.139. The Morgan fingerprint density at radius 3 is 1.39 bits per heavy atom. The molecule has 0 aliphatic rings. The lowest BCUT2D eigenvalue weighted by Gasteiger charge is -2.07. The van der Waals surface area contributed by atoms with E-state index in [4.69, 9.17) is 0 Å². The van der Waals surface area contributed by atoms with Gasteiger partial charge in [0.25, 0.3) is 0 Å². The second-order valence-electron chi connectivity index (χ2n) is 10.5. The Bertz CT molecular complexity index is 657. The molecule has 0 heterocycles. The Labute approximate surface area is 222 Å². The molecule has 2 amide bonds. The van der Waals surface area contributed by atoms with E-state index in [2.05, 4.69) is 17.6 Å². The molecule has 4 nitrogen and oxygen atoms in total.